The van der Waals surface area contributed by atoms with Gasteiger partial charge >= 0.3 is 0 Å². The van der Waals surface area contributed by atoms with Crippen LogP contribution in [-0.2, 0) is 0 Å². The maximum absolute atomic E-state index is 7.40. The topological polar surface area (TPSA) is 19.0 Å². The monoisotopic (exact) mass is 903 g/mol. The van der Waals surface area contributed by atoms with Crippen LogP contribution in [0.25, 0.3) is 22.3 Å². The largest absolute Gasteiger partial charge is 0.458 e. The second kappa shape index (κ2) is 15.9. The summed E-state index contributed by atoms with van der Waals surface area (Å²) in [6, 6.07) is 85.9. The van der Waals surface area contributed by atoms with E-state index in [-0.39, 0.29) is 12.0 Å². The molecule has 10 aromatic rings. The molecule has 4 nitrogen and oxygen atoms in total. The molecule has 68 heavy (non-hydrogen) atoms. The van der Waals surface area contributed by atoms with Crippen LogP contribution in [0.5, 0.6) is 11.5 Å². The van der Waals surface area contributed by atoms with Crippen molar-refractivity contribution in [1.82, 2.24) is 0 Å². The Balaban J connectivity index is 1.00. The van der Waals surface area contributed by atoms with Crippen molar-refractivity contribution >= 4 is 108 Å². The summed E-state index contributed by atoms with van der Waals surface area (Å²) in [5.74, 6) is 1.85. The lowest BCUT2D eigenvalue weighted by Gasteiger charge is -2.42. The van der Waals surface area contributed by atoms with Gasteiger partial charge in [-0.2, -0.15) is 23.2 Å². The van der Waals surface area contributed by atoms with Gasteiger partial charge in [0, 0.05) is 67.4 Å². The molecule has 0 aliphatic carbocycles. The van der Waals surface area contributed by atoms with Crippen LogP contribution in [0.3, 0.4) is 0 Å². The molecule has 0 radical (unpaired) electrons. The van der Waals surface area contributed by atoms with E-state index in [1.165, 1.54) is 59.6 Å². The van der Waals surface area contributed by atoms with E-state index >= 15 is 0 Å². The van der Waals surface area contributed by atoms with E-state index in [1.54, 1.807) is 0 Å². The van der Waals surface area contributed by atoms with Crippen molar-refractivity contribution < 1.29 is 4.74 Å². The van der Waals surface area contributed by atoms with Crippen LogP contribution in [0.4, 0.5) is 51.2 Å². The van der Waals surface area contributed by atoms with E-state index in [2.05, 4.69) is 251 Å². The second-order valence-electron chi connectivity index (χ2n) is 17.6. The predicted octanol–water partition coefficient (Wildman–Crippen LogP) is 14.3. The van der Waals surface area contributed by atoms with Gasteiger partial charge in [-0.15, -0.1) is 0 Å². The molecule has 4 aliphatic heterocycles. The molecule has 14 rings (SSSR count). The third-order valence-electron chi connectivity index (χ3n) is 13.7. The minimum Gasteiger partial charge on any atom is -0.458 e. The molecule has 4 aliphatic rings. The molecule has 0 fully saturated rings. The number of hydrogen-bond acceptors (Lipinski definition) is 6. The number of benzene rings is 10. The lowest BCUT2D eigenvalue weighted by Crippen LogP contribution is -2.54. The van der Waals surface area contributed by atoms with Crippen molar-refractivity contribution in [2.75, 3.05) is 14.7 Å². The van der Waals surface area contributed by atoms with Gasteiger partial charge in [-0.1, -0.05) is 133 Å². The lowest BCUT2D eigenvalue weighted by atomic mass is 9.52. The Bertz CT molecular complexity index is 3500. The molecular weight excluding hydrogens is 864 g/mol. The Kier molecular flexibility index (Phi) is 9.24. The minimum atomic E-state index is 0.0273. The van der Waals surface area contributed by atoms with Gasteiger partial charge < -0.3 is 19.4 Å². The molecule has 318 valence electrons. The predicted molar refractivity (Wildman–Crippen MR) is 290 cm³/mol. The van der Waals surface area contributed by atoms with Crippen LogP contribution in [0.2, 0.25) is 0 Å². The molecule has 0 N–H and O–H groups in total. The Morgan fingerprint density at radius 1 is 0.338 bits per heavy atom. The number of hydrogen-bond donors (Lipinski definition) is 0. The molecule has 0 aromatic heterocycles. The summed E-state index contributed by atoms with van der Waals surface area (Å²) in [4.78, 5) is 9.79. The third-order valence-corrected chi connectivity index (χ3v) is 16.3. The van der Waals surface area contributed by atoms with Gasteiger partial charge in [0.15, 0.2) is 0 Å². The lowest BCUT2D eigenvalue weighted by molar-refractivity contribution is 0.488. The standard InChI is InChI=1S/C60H39B2N3OS2/c1-6-20-40(21-7-1)63(41-22-8-2-9-23-41)45-34-49-47-30-16-18-32-57(47)67-61-51-38-52-55(39-53(51)65(54(36-45)59(49)61)44-28-14-5-15-29-44)66-56-37-46(35-50-48-31-17-19-33-58(48)68-62(52)60(50)56)64(42-24-10-3-11-25-42)43-26-12-4-13-27-43/h1-39H. The highest BCUT2D eigenvalue weighted by Gasteiger charge is 2.45. The van der Waals surface area contributed by atoms with Gasteiger partial charge in [0.25, 0.3) is 12.0 Å². The van der Waals surface area contributed by atoms with Gasteiger partial charge in [0.05, 0.1) is 5.69 Å². The zero-order valence-electron chi connectivity index (χ0n) is 36.7. The third kappa shape index (κ3) is 6.28. The first-order chi connectivity index (χ1) is 33.7. The summed E-state index contributed by atoms with van der Waals surface area (Å²) in [7, 11) is 0. The molecule has 0 saturated carbocycles. The minimum absolute atomic E-state index is 0.0273. The van der Waals surface area contributed by atoms with E-state index in [0.29, 0.717) is 0 Å². The van der Waals surface area contributed by atoms with Crippen molar-refractivity contribution in [3.8, 4) is 33.8 Å². The number of fused-ring (bicyclic) bond motifs is 8. The van der Waals surface area contributed by atoms with Crippen LogP contribution in [0.15, 0.2) is 246 Å². The zero-order chi connectivity index (χ0) is 44.7. The Morgan fingerprint density at radius 3 is 1.31 bits per heavy atom. The summed E-state index contributed by atoms with van der Waals surface area (Å²) < 4.78 is 7.40. The number of ether oxygens (including phenoxy) is 1. The normalized spacial score (nSPS) is 13.2. The van der Waals surface area contributed by atoms with Crippen LogP contribution < -0.4 is 41.3 Å². The fourth-order valence-electron chi connectivity index (χ4n) is 10.8. The van der Waals surface area contributed by atoms with Crippen molar-refractivity contribution in [1.29, 1.82) is 0 Å². The number of rotatable bonds is 7. The van der Waals surface area contributed by atoms with Gasteiger partial charge in [0.1, 0.15) is 11.5 Å². The maximum Gasteiger partial charge on any atom is 0.289 e. The quantitative estimate of drug-likeness (QED) is 0.147. The fourth-order valence-corrected chi connectivity index (χ4v) is 13.5. The number of para-hydroxylation sites is 5. The first-order valence-electron chi connectivity index (χ1n) is 23.1. The van der Waals surface area contributed by atoms with E-state index in [1.807, 2.05) is 23.2 Å². The highest BCUT2D eigenvalue weighted by atomic mass is 32.2. The molecule has 4 heterocycles. The first-order valence-corrected chi connectivity index (χ1v) is 24.9. The smallest absolute Gasteiger partial charge is 0.289 e. The molecule has 0 saturated heterocycles. The Labute approximate surface area is 405 Å². The van der Waals surface area contributed by atoms with Crippen LogP contribution in [-0.4, -0.2) is 12.0 Å². The molecule has 0 atom stereocenters. The van der Waals surface area contributed by atoms with Crippen molar-refractivity contribution in [3.05, 3.63) is 237 Å². The molecule has 0 bridgehead atoms. The van der Waals surface area contributed by atoms with Gasteiger partial charge in [0.2, 0.25) is 0 Å². The van der Waals surface area contributed by atoms with Gasteiger partial charge in [-0.05, 0) is 135 Å². The number of anilines is 9. The van der Waals surface area contributed by atoms with E-state index < -0.39 is 0 Å². The highest BCUT2D eigenvalue weighted by molar-refractivity contribution is 8.29. The summed E-state index contributed by atoms with van der Waals surface area (Å²) >= 11 is 3.91. The van der Waals surface area contributed by atoms with Crippen molar-refractivity contribution in [2.24, 2.45) is 0 Å². The van der Waals surface area contributed by atoms with E-state index in [9.17, 15) is 0 Å². The van der Waals surface area contributed by atoms with Crippen molar-refractivity contribution in [3.63, 3.8) is 0 Å². The fraction of sp³-hybridized carbons (Fsp3) is 0. The van der Waals surface area contributed by atoms with Gasteiger partial charge in [-0.3, -0.25) is 0 Å². The second-order valence-corrected chi connectivity index (χ2v) is 19.8. The molecule has 0 spiro atoms. The summed E-state index contributed by atoms with van der Waals surface area (Å²) in [6.45, 7) is 0. The average molecular weight is 904 g/mol. The van der Waals surface area contributed by atoms with Crippen LogP contribution in [0.1, 0.15) is 0 Å². The number of nitrogens with zero attached hydrogens (tertiary/aromatic N) is 3. The molecule has 10 aromatic carbocycles. The molecule has 8 heteroatoms. The SMILES string of the molecule is c1ccc(N(c2ccccc2)c2cc3c4c(c2)-c2ccccc2SB4c2cc4c(cc2O3)N(c2ccccc2)c2cc(N(c3ccccc3)c3ccccc3)cc3c2B4Sc2ccccc2-3)cc1. The summed E-state index contributed by atoms with van der Waals surface area (Å²) in [6.07, 6.45) is 0. The van der Waals surface area contributed by atoms with E-state index in [4.69, 9.17) is 4.74 Å². The molecular formula is C60H39B2N3OS2. The zero-order valence-corrected chi connectivity index (χ0v) is 38.4. The van der Waals surface area contributed by atoms with E-state index in [0.717, 1.165) is 57.0 Å². The first kappa shape index (κ1) is 39.4. The van der Waals surface area contributed by atoms with Gasteiger partial charge in [-0.25, -0.2) is 0 Å². The summed E-state index contributed by atoms with van der Waals surface area (Å²) in [5, 5.41) is 0. The highest BCUT2D eigenvalue weighted by Crippen LogP contribution is 2.52. The van der Waals surface area contributed by atoms with Crippen LogP contribution >= 0.6 is 23.2 Å². The van der Waals surface area contributed by atoms with Crippen molar-refractivity contribution in [2.45, 2.75) is 9.79 Å². The molecule has 0 unspecified atom stereocenters. The maximum atomic E-state index is 7.40. The Morgan fingerprint density at radius 2 is 0.779 bits per heavy atom. The molecule has 0 amide bonds. The Hall–Kier alpha value is -7.77. The average Bonchev–Trinajstić information content (AvgIpc) is 3.40. The van der Waals surface area contributed by atoms with Crippen LogP contribution in [0, 0.1) is 0 Å². The summed E-state index contributed by atoms with van der Waals surface area (Å²) in [5.41, 5.74) is 20.0.